The van der Waals surface area contributed by atoms with Gasteiger partial charge in [-0.3, -0.25) is 0 Å². The fourth-order valence-corrected chi connectivity index (χ4v) is 2.35. The summed E-state index contributed by atoms with van der Waals surface area (Å²) in [7, 11) is 1.84. The van der Waals surface area contributed by atoms with Gasteiger partial charge in [0.15, 0.2) is 0 Å². The predicted octanol–water partition coefficient (Wildman–Crippen LogP) is 2.82. The average Bonchev–Trinajstić information content (AvgIpc) is 2.36. The molecule has 0 aliphatic carbocycles. The summed E-state index contributed by atoms with van der Waals surface area (Å²) in [5, 5.41) is 12.4. The first-order valence-corrected chi connectivity index (χ1v) is 6.60. The molecule has 0 aliphatic heterocycles. The van der Waals surface area contributed by atoms with Crippen molar-refractivity contribution >= 4 is 17.6 Å². The number of nitrogens with one attached hydrogen (secondary N) is 1. The first-order valence-electron chi connectivity index (χ1n) is 5.61. The number of nitrogens with zero attached hydrogens (tertiary/aromatic N) is 2. The minimum atomic E-state index is 0.279. The average molecular weight is 261 g/mol. The van der Waals surface area contributed by atoms with Gasteiger partial charge < -0.3 is 10.4 Å². The highest BCUT2D eigenvalue weighted by molar-refractivity contribution is 7.98. The van der Waals surface area contributed by atoms with E-state index in [1.165, 1.54) is 0 Å². The molecule has 94 valence electrons. The lowest BCUT2D eigenvalue weighted by Crippen LogP contribution is -2.00. The highest BCUT2D eigenvalue weighted by Crippen LogP contribution is 2.24. The Morgan fingerprint density at radius 3 is 2.83 bits per heavy atom. The van der Waals surface area contributed by atoms with Crippen LogP contribution in [0.5, 0.6) is 5.75 Å². The van der Waals surface area contributed by atoms with Gasteiger partial charge in [-0.05, 0) is 25.1 Å². The van der Waals surface area contributed by atoms with E-state index < -0.39 is 0 Å². The minimum absolute atomic E-state index is 0.279. The molecule has 0 radical (unpaired) electrons. The number of anilines is 1. The molecule has 0 saturated carbocycles. The highest BCUT2D eigenvalue weighted by atomic mass is 32.2. The maximum atomic E-state index is 9.38. The van der Waals surface area contributed by atoms with Crippen molar-refractivity contribution in [3.8, 4) is 5.75 Å². The first-order chi connectivity index (χ1) is 8.67. The van der Waals surface area contributed by atoms with Crippen molar-refractivity contribution in [2.75, 3.05) is 12.4 Å². The predicted molar refractivity (Wildman–Crippen MR) is 74.0 cm³/mol. The van der Waals surface area contributed by atoms with Crippen LogP contribution in [-0.4, -0.2) is 22.1 Å². The summed E-state index contributed by atoms with van der Waals surface area (Å²) < 4.78 is 0. The van der Waals surface area contributed by atoms with Crippen molar-refractivity contribution in [3.05, 3.63) is 41.9 Å². The van der Waals surface area contributed by atoms with Crippen LogP contribution in [0.1, 0.15) is 11.5 Å². The van der Waals surface area contributed by atoms with Crippen molar-refractivity contribution in [1.82, 2.24) is 9.97 Å². The van der Waals surface area contributed by atoms with Crippen LogP contribution < -0.4 is 5.32 Å². The number of phenolic OH excluding ortho intramolecular Hbond substituents is 1. The largest absolute Gasteiger partial charge is 0.508 e. The Hall–Kier alpha value is -1.75. The normalized spacial score (nSPS) is 10.3. The second-order valence-corrected chi connectivity index (χ2v) is 4.90. The minimum Gasteiger partial charge on any atom is -0.508 e. The molecular weight excluding hydrogens is 246 g/mol. The molecule has 0 spiro atoms. The third-order valence-electron chi connectivity index (χ3n) is 2.34. The molecule has 1 aromatic heterocycles. The van der Waals surface area contributed by atoms with E-state index >= 15 is 0 Å². The van der Waals surface area contributed by atoms with Gasteiger partial charge in [0.25, 0.3) is 0 Å². The molecule has 18 heavy (non-hydrogen) atoms. The van der Waals surface area contributed by atoms with Crippen LogP contribution in [0.4, 0.5) is 5.82 Å². The molecule has 0 aliphatic rings. The van der Waals surface area contributed by atoms with Crippen LogP contribution in [0.2, 0.25) is 0 Å². The maximum Gasteiger partial charge on any atom is 0.141 e. The van der Waals surface area contributed by atoms with Gasteiger partial charge in [0.2, 0.25) is 0 Å². The van der Waals surface area contributed by atoms with Crippen LogP contribution in [0.25, 0.3) is 0 Å². The summed E-state index contributed by atoms with van der Waals surface area (Å²) >= 11 is 1.60. The number of rotatable bonds is 4. The Labute approximate surface area is 110 Å². The van der Waals surface area contributed by atoms with E-state index in [1.807, 2.05) is 32.2 Å². The van der Waals surface area contributed by atoms with Gasteiger partial charge in [0, 0.05) is 23.7 Å². The number of phenols is 1. The van der Waals surface area contributed by atoms with Gasteiger partial charge in [-0.2, -0.15) is 0 Å². The quantitative estimate of drug-likeness (QED) is 0.829. The molecule has 0 amide bonds. The third kappa shape index (κ3) is 3.37. The van der Waals surface area contributed by atoms with E-state index in [9.17, 15) is 5.11 Å². The molecule has 0 atom stereocenters. The highest BCUT2D eigenvalue weighted by Gasteiger charge is 2.03. The molecule has 2 aromatic rings. The number of aromatic hydroxyl groups is 1. The molecule has 4 nitrogen and oxygen atoms in total. The Morgan fingerprint density at radius 2 is 2.11 bits per heavy atom. The number of aromatic nitrogens is 2. The van der Waals surface area contributed by atoms with Crippen molar-refractivity contribution in [3.63, 3.8) is 0 Å². The summed E-state index contributed by atoms with van der Waals surface area (Å²) in [5.41, 5.74) is 0.945. The standard InChI is InChI=1S/C13H15N3OS/c1-9-6-12(14-2)16-13(15-9)8-18-11-5-3-4-10(17)7-11/h3-7,17H,8H2,1-2H3,(H,14,15,16). The number of aryl methyl sites for hydroxylation is 1. The SMILES string of the molecule is CNc1cc(C)nc(CSc2cccc(O)c2)n1. The van der Waals surface area contributed by atoms with Crippen LogP contribution in [0.15, 0.2) is 35.2 Å². The van der Waals surface area contributed by atoms with E-state index in [2.05, 4.69) is 15.3 Å². The first kappa shape index (κ1) is 12.7. The second-order valence-electron chi connectivity index (χ2n) is 3.85. The topological polar surface area (TPSA) is 58.0 Å². The summed E-state index contributed by atoms with van der Waals surface area (Å²) in [6, 6.07) is 9.08. The van der Waals surface area contributed by atoms with Crippen LogP contribution >= 0.6 is 11.8 Å². The summed E-state index contributed by atoms with van der Waals surface area (Å²) in [6.07, 6.45) is 0. The van der Waals surface area contributed by atoms with E-state index in [1.54, 1.807) is 23.9 Å². The Kier molecular flexibility index (Phi) is 4.04. The van der Waals surface area contributed by atoms with Gasteiger partial charge in [-0.25, -0.2) is 9.97 Å². The molecule has 0 bridgehead atoms. The molecule has 2 N–H and O–H groups in total. The monoisotopic (exact) mass is 261 g/mol. The van der Waals surface area contributed by atoms with E-state index in [-0.39, 0.29) is 5.75 Å². The summed E-state index contributed by atoms with van der Waals surface area (Å²) in [5.74, 6) is 2.57. The Bertz CT molecular complexity index is 546. The number of hydrogen-bond donors (Lipinski definition) is 2. The van der Waals surface area contributed by atoms with Crippen molar-refractivity contribution in [1.29, 1.82) is 0 Å². The van der Waals surface area contributed by atoms with Crippen LogP contribution in [0, 0.1) is 6.92 Å². The number of benzene rings is 1. The summed E-state index contributed by atoms with van der Waals surface area (Å²) in [6.45, 7) is 1.95. The number of thioether (sulfide) groups is 1. The molecule has 2 rings (SSSR count). The van der Waals surface area contributed by atoms with E-state index in [0.717, 1.165) is 22.2 Å². The zero-order valence-corrected chi connectivity index (χ0v) is 11.2. The lowest BCUT2D eigenvalue weighted by Gasteiger charge is -2.05. The molecule has 0 unspecified atom stereocenters. The van der Waals surface area contributed by atoms with Gasteiger partial charge >= 0.3 is 0 Å². The summed E-state index contributed by atoms with van der Waals surface area (Å²) in [4.78, 5) is 9.77. The van der Waals surface area contributed by atoms with Gasteiger partial charge in [-0.1, -0.05) is 6.07 Å². The third-order valence-corrected chi connectivity index (χ3v) is 3.33. The van der Waals surface area contributed by atoms with Gasteiger partial charge in [0.1, 0.15) is 17.4 Å². The van der Waals surface area contributed by atoms with Crippen molar-refractivity contribution in [2.24, 2.45) is 0 Å². The van der Waals surface area contributed by atoms with Crippen molar-refractivity contribution < 1.29 is 5.11 Å². The Morgan fingerprint density at radius 1 is 1.28 bits per heavy atom. The van der Waals surface area contributed by atoms with Crippen LogP contribution in [-0.2, 0) is 5.75 Å². The fourth-order valence-electron chi connectivity index (χ4n) is 1.54. The van der Waals surface area contributed by atoms with Crippen molar-refractivity contribution in [2.45, 2.75) is 17.6 Å². The van der Waals surface area contributed by atoms with Gasteiger partial charge in [-0.15, -0.1) is 11.8 Å². The maximum absolute atomic E-state index is 9.38. The fraction of sp³-hybridized carbons (Fsp3) is 0.231. The molecule has 0 saturated heterocycles. The lowest BCUT2D eigenvalue weighted by atomic mass is 10.3. The zero-order valence-electron chi connectivity index (χ0n) is 10.3. The molecule has 1 aromatic carbocycles. The lowest BCUT2D eigenvalue weighted by molar-refractivity contribution is 0.474. The molecule has 0 fully saturated rings. The second kappa shape index (κ2) is 5.73. The van der Waals surface area contributed by atoms with E-state index in [0.29, 0.717) is 5.75 Å². The van der Waals surface area contributed by atoms with E-state index in [4.69, 9.17) is 0 Å². The Balaban J connectivity index is 2.08. The smallest absolute Gasteiger partial charge is 0.141 e. The van der Waals surface area contributed by atoms with Crippen LogP contribution in [0.3, 0.4) is 0 Å². The number of hydrogen-bond acceptors (Lipinski definition) is 5. The molecule has 5 heteroatoms. The van der Waals surface area contributed by atoms with Gasteiger partial charge in [0.05, 0.1) is 5.75 Å². The molecular formula is C13H15N3OS. The molecule has 1 heterocycles. The zero-order chi connectivity index (χ0) is 13.0.